The fourth-order valence-electron chi connectivity index (χ4n) is 2.29. The quantitative estimate of drug-likeness (QED) is 0.713. The van der Waals surface area contributed by atoms with E-state index in [1.54, 1.807) is 4.68 Å². The molecule has 0 saturated heterocycles. The molecule has 2 heterocycles. The molecule has 0 aliphatic rings. The van der Waals surface area contributed by atoms with Gasteiger partial charge in [-0.1, -0.05) is 12.1 Å². The van der Waals surface area contributed by atoms with E-state index in [0.29, 0.717) is 17.9 Å². The highest BCUT2D eigenvalue weighted by Crippen LogP contribution is 2.28. The number of benzene rings is 1. The molecule has 0 spiro atoms. The maximum Gasteiger partial charge on any atom is 0.152 e. The number of aliphatic hydroxyl groups is 1. The van der Waals surface area contributed by atoms with Crippen LogP contribution >= 0.6 is 0 Å². The minimum absolute atomic E-state index is 0.0538. The second kappa shape index (κ2) is 3.96. The number of hydrogen-bond acceptors (Lipinski definition) is 4. The number of rotatable bonds is 2. The highest BCUT2D eigenvalue weighted by atomic mass is 16.3. The van der Waals surface area contributed by atoms with Gasteiger partial charge in [0, 0.05) is 17.0 Å². The number of pyridine rings is 1. The van der Waals surface area contributed by atoms with E-state index in [4.69, 9.17) is 10.8 Å². The molecule has 0 aliphatic carbocycles. The summed E-state index contributed by atoms with van der Waals surface area (Å²) in [5, 5.41) is 15.4. The predicted octanol–water partition coefficient (Wildman–Crippen LogP) is 1.47. The van der Waals surface area contributed by atoms with Crippen molar-refractivity contribution in [2.24, 2.45) is 0 Å². The lowest BCUT2D eigenvalue weighted by Crippen LogP contribution is -2.02. The molecule has 5 nitrogen and oxygen atoms in total. The Kier molecular flexibility index (Phi) is 2.41. The van der Waals surface area contributed by atoms with Gasteiger partial charge in [0.15, 0.2) is 5.82 Å². The second-order valence-corrected chi connectivity index (χ2v) is 4.34. The normalized spacial score (nSPS) is 11.4. The highest BCUT2D eigenvalue weighted by Gasteiger charge is 2.11. The van der Waals surface area contributed by atoms with Crippen molar-refractivity contribution in [3.63, 3.8) is 0 Å². The first-order chi connectivity index (χ1) is 8.70. The maximum absolute atomic E-state index is 8.97. The summed E-state index contributed by atoms with van der Waals surface area (Å²) < 4.78 is 1.70. The van der Waals surface area contributed by atoms with Gasteiger partial charge in [-0.15, -0.1) is 0 Å². The van der Waals surface area contributed by atoms with Gasteiger partial charge in [0.1, 0.15) is 5.52 Å². The SMILES string of the molecule is Cc1cccc2nc(N)c3nn(CCO)cc3c12. The third-order valence-electron chi connectivity index (χ3n) is 3.09. The van der Waals surface area contributed by atoms with Gasteiger partial charge in [-0.2, -0.15) is 5.10 Å². The van der Waals surface area contributed by atoms with Crippen molar-refractivity contribution in [2.45, 2.75) is 13.5 Å². The zero-order valence-corrected chi connectivity index (χ0v) is 10.1. The standard InChI is InChI=1S/C13H14N4O/c1-8-3-2-4-10-11(8)9-7-17(5-6-18)16-12(9)13(14)15-10/h2-4,7,18H,5-6H2,1H3,(H2,14,15). The summed E-state index contributed by atoms with van der Waals surface area (Å²) in [5.41, 5.74) is 8.66. The van der Waals surface area contributed by atoms with Crippen LogP contribution in [0.3, 0.4) is 0 Å². The molecule has 0 atom stereocenters. The lowest BCUT2D eigenvalue weighted by atomic mass is 10.1. The molecule has 0 radical (unpaired) electrons. The lowest BCUT2D eigenvalue weighted by molar-refractivity contribution is 0.270. The molecule has 2 aromatic heterocycles. The molecule has 0 bridgehead atoms. The summed E-state index contributed by atoms with van der Waals surface area (Å²) >= 11 is 0. The Bertz CT molecular complexity index is 733. The van der Waals surface area contributed by atoms with Crippen molar-refractivity contribution < 1.29 is 5.11 Å². The van der Waals surface area contributed by atoms with E-state index in [2.05, 4.69) is 10.1 Å². The fraction of sp³-hybridized carbons (Fsp3) is 0.231. The number of nitrogens with two attached hydrogens (primary N) is 1. The molecular weight excluding hydrogens is 228 g/mol. The van der Waals surface area contributed by atoms with Crippen molar-refractivity contribution in [3.05, 3.63) is 30.0 Å². The van der Waals surface area contributed by atoms with Gasteiger partial charge < -0.3 is 10.8 Å². The van der Waals surface area contributed by atoms with Crippen molar-refractivity contribution >= 4 is 27.6 Å². The summed E-state index contributed by atoms with van der Waals surface area (Å²) in [7, 11) is 0. The molecule has 0 fully saturated rings. The second-order valence-electron chi connectivity index (χ2n) is 4.34. The van der Waals surface area contributed by atoms with Gasteiger partial charge in [-0.3, -0.25) is 4.68 Å². The van der Waals surface area contributed by atoms with Gasteiger partial charge in [-0.05, 0) is 18.6 Å². The first kappa shape index (κ1) is 11.0. The Balaban J connectivity index is 2.43. The number of fused-ring (bicyclic) bond motifs is 3. The number of aromatic nitrogens is 3. The number of nitrogens with zero attached hydrogens (tertiary/aromatic N) is 3. The summed E-state index contributed by atoms with van der Waals surface area (Å²) in [4.78, 5) is 4.38. The van der Waals surface area contributed by atoms with Crippen LogP contribution in [-0.4, -0.2) is 26.5 Å². The summed E-state index contributed by atoms with van der Waals surface area (Å²) in [6, 6.07) is 5.96. The van der Waals surface area contributed by atoms with Crippen LogP contribution in [0.4, 0.5) is 5.82 Å². The topological polar surface area (TPSA) is 77.0 Å². The Labute approximate surface area is 104 Å². The van der Waals surface area contributed by atoms with Gasteiger partial charge in [-0.25, -0.2) is 4.98 Å². The number of hydrogen-bond donors (Lipinski definition) is 2. The minimum Gasteiger partial charge on any atom is -0.394 e. The van der Waals surface area contributed by atoms with Gasteiger partial charge in [0.25, 0.3) is 0 Å². The lowest BCUT2D eigenvalue weighted by Gasteiger charge is -2.03. The number of nitrogen functional groups attached to an aromatic ring is 1. The summed E-state index contributed by atoms with van der Waals surface area (Å²) in [5.74, 6) is 0.430. The smallest absolute Gasteiger partial charge is 0.152 e. The third-order valence-corrected chi connectivity index (χ3v) is 3.09. The van der Waals surface area contributed by atoms with Crippen molar-refractivity contribution in [3.8, 4) is 0 Å². The molecule has 0 unspecified atom stereocenters. The molecule has 3 rings (SSSR count). The van der Waals surface area contributed by atoms with E-state index in [-0.39, 0.29) is 6.61 Å². The fourth-order valence-corrected chi connectivity index (χ4v) is 2.29. The first-order valence-corrected chi connectivity index (χ1v) is 5.83. The monoisotopic (exact) mass is 242 g/mol. The zero-order chi connectivity index (χ0) is 12.7. The van der Waals surface area contributed by atoms with Crippen LogP contribution in [0.5, 0.6) is 0 Å². The van der Waals surface area contributed by atoms with Gasteiger partial charge in [0.2, 0.25) is 0 Å². The molecule has 1 aromatic carbocycles. The Morgan fingerprint density at radius 3 is 3.00 bits per heavy atom. The predicted molar refractivity (Wildman–Crippen MR) is 71.3 cm³/mol. The molecule has 3 aromatic rings. The Morgan fingerprint density at radius 1 is 1.39 bits per heavy atom. The summed E-state index contributed by atoms with van der Waals surface area (Å²) in [6.45, 7) is 2.56. The largest absolute Gasteiger partial charge is 0.394 e. The highest BCUT2D eigenvalue weighted by molar-refractivity contribution is 6.09. The van der Waals surface area contributed by atoms with E-state index in [1.807, 2.05) is 31.3 Å². The molecule has 92 valence electrons. The molecule has 0 amide bonds. The average molecular weight is 242 g/mol. The summed E-state index contributed by atoms with van der Waals surface area (Å²) in [6.07, 6.45) is 1.92. The van der Waals surface area contributed by atoms with E-state index >= 15 is 0 Å². The van der Waals surface area contributed by atoms with Crippen LogP contribution in [0.25, 0.3) is 21.8 Å². The van der Waals surface area contributed by atoms with E-state index in [1.165, 1.54) is 0 Å². The molecule has 5 heteroatoms. The number of aliphatic hydroxyl groups excluding tert-OH is 1. The number of anilines is 1. The van der Waals surface area contributed by atoms with E-state index in [0.717, 1.165) is 21.9 Å². The van der Waals surface area contributed by atoms with Crippen LogP contribution in [0.1, 0.15) is 5.56 Å². The molecule has 0 aliphatic heterocycles. The van der Waals surface area contributed by atoms with Crippen LogP contribution in [-0.2, 0) is 6.54 Å². The number of aryl methyl sites for hydroxylation is 1. The van der Waals surface area contributed by atoms with Crippen LogP contribution < -0.4 is 5.73 Å². The average Bonchev–Trinajstić information content (AvgIpc) is 2.74. The van der Waals surface area contributed by atoms with Crippen LogP contribution in [0.15, 0.2) is 24.4 Å². The third kappa shape index (κ3) is 1.52. The van der Waals surface area contributed by atoms with Gasteiger partial charge in [0.05, 0.1) is 18.7 Å². The van der Waals surface area contributed by atoms with Crippen molar-refractivity contribution in [2.75, 3.05) is 12.3 Å². The van der Waals surface area contributed by atoms with Crippen LogP contribution in [0.2, 0.25) is 0 Å². The molecule has 3 N–H and O–H groups in total. The Morgan fingerprint density at radius 2 is 2.22 bits per heavy atom. The maximum atomic E-state index is 8.97. The van der Waals surface area contributed by atoms with Crippen LogP contribution in [0, 0.1) is 6.92 Å². The van der Waals surface area contributed by atoms with E-state index in [9.17, 15) is 0 Å². The van der Waals surface area contributed by atoms with Crippen molar-refractivity contribution in [1.29, 1.82) is 0 Å². The van der Waals surface area contributed by atoms with Gasteiger partial charge >= 0.3 is 0 Å². The zero-order valence-electron chi connectivity index (χ0n) is 10.1. The van der Waals surface area contributed by atoms with E-state index < -0.39 is 0 Å². The first-order valence-electron chi connectivity index (χ1n) is 5.83. The Hall–Kier alpha value is -2.14. The molecular formula is C13H14N4O. The minimum atomic E-state index is 0.0538. The molecule has 18 heavy (non-hydrogen) atoms. The molecule has 0 saturated carbocycles. The van der Waals surface area contributed by atoms with Crippen molar-refractivity contribution in [1.82, 2.24) is 14.8 Å².